The van der Waals surface area contributed by atoms with E-state index in [4.69, 9.17) is 9.47 Å². The lowest BCUT2D eigenvalue weighted by molar-refractivity contribution is 0.252. The van der Waals surface area contributed by atoms with Gasteiger partial charge in [0.05, 0.1) is 13.4 Å². The maximum Gasteiger partial charge on any atom is 0.319 e. The number of aryl methyl sites for hydroxylation is 1. The van der Waals surface area contributed by atoms with Crippen LogP contribution in [0.2, 0.25) is 0 Å². The van der Waals surface area contributed by atoms with Gasteiger partial charge in [0.1, 0.15) is 5.75 Å². The van der Waals surface area contributed by atoms with Gasteiger partial charge in [-0.15, -0.1) is 0 Å². The molecule has 1 aromatic heterocycles. The third-order valence-corrected chi connectivity index (χ3v) is 3.85. The normalized spacial score (nSPS) is 10.3. The van der Waals surface area contributed by atoms with Crippen molar-refractivity contribution < 1.29 is 14.3 Å². The molecule has 0 radical (unpaired) electrons. The van der Waals surface area contributed by atoms with Crippen molar-refractivity contribution in [3.05, 3.63) is 67.3 Å². The molecule has 0 atom stereocenters. The van der Waals surface area contributed by atoms with E-state index in [1.807, 2.05) is 35.0 Å². The standard InChI is InChI=1S/C20H22N4O3/c1-26-18-5-2-3-6-19(18)27-17-9-7-16(8-10-17)23-20(25)22-11-4-13-24-14-12-21-15-24/h2-3,5-10,12,14-15H,4,11,13H2,1H3,(H2,22,23,25). The summed E-state index contributed by atoms with van der Waals surface area (Å²) in [7, 11) is 1.60. The number of carbonyl (C=O) groups is 1. The molecule has 140 valence electrons. The van der Waals surface area contributed by atoms with Gasteiger partial charge in [-0.3, -0.25) is 0 Å². The quantitative estimate of drug-likeness (QED) is 0.593. The van der Waals surface area contributed by atoms with Crippen molar-refractivity contribution >= 4 is 11.7 Å². The van der Waals surface area contributed by atoms with Crippen molar-refractivity contribution in [1.29, 1.82) is 0 Å². The van der Waals surface area contributed by atoms with Gasteiger partial charge in [-0.25, -0.2) is 9.78 Å². The van der Waals surface area contributed by atoms with Crippen molar-refractivity contribution in [2.75, 3.05) is 19.0 Å². The van der Waals surface area contributed by atoms with Crippen LogP contribution in [0, 0.1) is 0 Å². The van der Waals surface area contributed by atoms with Gasteiger partial charge in [-0.2, -0.15) is 0 Å². The monoisotopic (exact) mass is 366 g/mol. The highest BCUT2D eigenvalue weighted by Gasteiger charge is 2.05. The average Bonchev–Trinajstić information content (AvgIpc) is 3.21. The highest BCUT2D eigenvalue weighted by Crippen LogP contribution is 2.31. The molecular formula is C20H22N4O3. The number of nitrogens with zero attached hydrogens (tertiary/aromatic N) is 2. The average molecular weight is 366 g/mol. The number of urea groups is 1. The van der Waals surface area contributed by atoms with E-state index in [1.165, 1.54) is 0 Å². The Hall–Kier alpha value is -3.48. The first-order valence-electron chi connectivity index (χ1n) is 8.66. The third-order valence-electron chi connectivity index (χ3n) is 3.85. The van der Waals surface area contributed by atoms with Crippen molar-refractivity contribution in [2.45, 2.75) is 13.0 Å². The van der Waals surface area contributed by atoms with E-state index in [0.717, 1.165) is 13.0 Å². The largest absolute Gasteiger partial charge is 0.493 e. The molecule has 2 amide bonds. The number of rotatable bonds is 8. The molecular weight excluding hydrogens is 344 g/mol. The van der Waals surface area contributed by atoms with Crippen molar-refractivity contribution in [3.8, 4) is 17.2 Å². The van der Waals surface area contributed by atoms with Crippen LogP contribution in [-0.2, 0) is 6.54 Å². The third kappa shape index (κ3) is 5.50. The molecule has 0 aliphatic carbocycles. The van der Waals surface area contributed by atoms with E-state index >= 15 is 0 Å². The summed E-state index contributed by atoms with van der Waals surface area (Å²) in [5.41, 5.74) is 0.689. The van der Waals surface area contributed by atoms with E-state index in [9.17, 15) is 4.79 Å². The number of amides is 2. The van der Waals surface area contributed by atoms with Crippen LogP contribution < -0.4 is 20.1 Å². The maximum absolute atomic E-state index is 11.9. The molecule has 0 aliphatic rings. The lowest BCUT2D eigenvalue weighted by Gasteiger charge is -2.11. The zero-order valence-electron chi connectivity index (χ0n) is 15.1. The summed E-state index contributed by atoms with van der Waals surface area (Å²) in [6, 6.07) is 14.4. The van der Waals surface area contributed by atoms with E-state index < -0.39 is 0 Å². The van der Waals surface area contributed by atoms with Crippen molar-refractivity contribution in [1.82, 2.24) is 14.9 Å². The Morgan fingerprint density at radius 2 is 1.89 bits per heavy atom. The Balaban J connectivity index is 1.45. The molecule has 2 aromatic carbocycles. The molecule has 0 bridgehead atoms. The molecule has 2 N–H and O–H groups in total. The molecule has 0 unspecified atom stereocenters. The van der Waals surface area contributed by atoms with Crippen LogP contribution in [0.5, 0.6) is 17.2 Å². The van der Waals surface area contributed by atoms with Gasteiger partial charge in [0.2, 0.25) is 0 Å². The lowest BCUT2D eigenvalue weighted by atomic mass is 10.3. The van der Waals surface area contributed by atoms with Gasteiger partial charge in [0.15, 0.2) is 11.5 Å². The molecule has 0 saturated carbocycles. The van der Waals surface area contributed by atoms with Crippen LogP contribution in [0.25, 0.3) is 0 Å². The molecule has 0 spiro atoms. The van der Waals surface area contributed by atoms with E-state index in [-0.39, 0.29) is 6.03 Å². The summed E-state index contributed by atoms with van der Waals surface area (Å²) >= 11 is 0. The summed E-state index contributed by atoms with van der Waals surface area (Å²) < 4.78 is 13.1. The molecule has 27 heavy (non-hydrogen) atoms. The second kappa shape index (κ2) is 9.28. The Kier molecular flexibility index (Phi) is 6.30. The fourth-order valence-electron chi connectivity index (χ4n) is 2.49. The molecule has 3 aromatic rings. The molecule has 0 saturated heterocycles. The predicted molar refractivity (Wildman–Crippen MR) is 103 cm³/mol. The summed E-state index contributed by atoms with van der Waals surface area (Å²) in [6.45, 7) is 1.40. The lowest BCUT2D eigenvalue weighted by Crippen LogP contribution is -2.29. The van der Waals surface area contributed by atoms with Gasteiger partial charge in [-0.05, 0) is 42.8 Å². The van der Waals surface area contributed by atoms with E-state index in [0.29, 0.717) is 29.5 Å². The smallest absolute Gasteiger partial charge is 0.319 e. The second-order valence-electron chi connectivity index (χ2n) is 5.81. The summed E-state index contributed by atoms with van der Waals surface area (Å²) in [5.74, 6) is 1.96. The number of aromatic nitrogens is 2. The summed E-state index contributed by atoms with van der Waals surface area (Å²) in [6.07, 6.45) is 6.22. The van der Waals surface area contributed by atoms with Gasteiger partial charge < -0.3 is 24.7 Å². The fraction of sp³-hybridized carbons (Fsp3) is 0.200. The number of methoxy groups -OCH3 is 1. The highest BCUT2D eigenvalue weighted by atomic mass is 16.5. The van der Waals surface area contributed by atoms with E-state index in [1.54, 1.807) is 43.9 Å². The van der Waals surface area contributed by atoms with Crippen LogP contribution in [0.1, 0.15) is 6.42 Å². The number of anilines is 1. The molecule has 3 rings (SSSR count). The fourth-order valence-corrected chi connectivity index (χ4v) is 2.49. The Bertz CT molecular complexity index is 848. The van der Waals surface area contributed by atoms with Crippen molar-refractivity contribution in [2.24, 2.45) is 0 Å². The minimum absolute atomic E-state index is 0.237. The van der Waals surface area contributed by atoms with Gasteiger partial charge in [0.25, 0.3) is 0 Å². The first-order valence-corrected chi connectivity index (χ1v) is 8.66. The minimum Gasteiger partial charge on any atom is -0.493 e. The van der Waals surface area contributed by atoms with Crippen LogP contribution in [0.4, 0.5) is 10.5 Å². The number of ether oxygens (including phenoxy) is 2. The number of nitrogens with one attached hydrogen (secondary N) is 2. The number of carbonyl (C=O) groups excluding carboxylic acids is 1. The zero-order chi connectivity index (χ0) is 18.9. The Morgan fingerprint density at radius 1 is 1.11 bits per heavy atom. The topological polar surface area (TPSA) is 77.4 Å². The highest BCUT2D eigenvalue weighted by molar-refractivity contribution is 5.89. The van der Waals surface area contributed by atoms with Crippen LogP contribution in [0.15, 0.2) is 67.3 Å². The maximum atomic E-state index is 11.9. The first-order chi connectivity index (χ1) is 13.2. The number of benzene rings is 2. The Morgan fingerprint density at radius 3 is 2.59 bits per heavy atom. The summed E-state index contributed by atoms with van der Waals surface area (Å²) in [4.78, 5) is 15.9. The molecule has 1 heterocycles. The molecule has 0 fully saturated rings. The summed E-state index contributed by atoms with van der Waals surface area (Å²) in [5, 5.41) is 5.63. The van der Waals surface area contributed by atoms with Gasteiger partial charge in [0, 0.05) is 31.2 Å². The number of imidazole rings is 1. The number of hydrogen-bond donors (Lipinski definition) is 2. The SMILES string of the molecule is COc1ccccc1Oc1ccc(NC(=O)NCCCn2ccnc2)cc1. The second-order valence-corrected chi connectivity index (χ2v) is 5.81. The van der Waals surface area contributed by atoms with Crippen LogP contribution >= 0.6 is 0 Å². The van der Waals surface area contributed by atoms with E-state index in [2.05, 4.69) is 15.6 Å². The number of para-hydroxylation sites is 2. The van der Waals surface area contributed by atoms with Crippen LogP contribution in [-0.4, -0.2) is 29.2 Å². The zero-order valence-corrected chi connectivity index (χ0v) is 15.1. The minimum atomic E-state index is -0.237. The van der Waals surface area contributed by atoms with Crippen molar-refractivity contribution in [3.63, 3.8) is 0 Å². The first kappa shape index (κ1) is 18.3. The molecule has 7 heteroatoms. The predicted octanol–water partition coefficient (Wildman–Crippen LogP) is 3.90. The molecule has 7 nitrogen and oxygen atoms in total. The van der Waals surface area contributed by atoms with Gasteiger partial charge in [-0.1, -0.05) is 12.1 Å². The Labute approximate surface area is 157 Å². The van der Waals surface area contributed by atoms with Gasteiger partial charge >= 0.3 is 6.03 Å². The van der Waals surface area contributed by atoms with Crippen LogP contribution in [0.3, 0.4) is 0 Å². The molecule has 0 aliphatic heterocycles. The number of hydrogen-bond acceptors (Lipinski definition) is 4.